The van der Waals surface area contributed by atoms with Crippen LogP contribution in [-0.4, -0.2) is 15.0 Å². The lowest BCUT2D eigenvalue weighted by atomic mass is 9.77. The van der Waals surface area contributed by atoms with Gasteiger partial charge in [0.1, 0.15) is 5.75 Å². The highest BCUT2D eigenvalue weighted by molar-refractivity contribution is 5.95. The average Bonchev–Trinajstić information content (AvgIpc) is 2.76. The third kappa shape index (κ3) is 5.57. The molecular weight excluding hydrogens is 444 g/mol. The smallest absolute Gasteiger partial charge is 0.284 e. The van der Waals surface area contributed by atoms with Crippen molar-refractivity contribution in [2.45, 2.75) is 52.4 Å². The monoisotopic (exact) mass is 474 g/mol. The molecule has 0 aliphatic carbocycles. The Hall–Kier alpha value is -4.00. The lowest BCUT2D eigenvalue weighted by Crippen LogP contribution is -2.18. The number of non-ortho nitro benzene ring substituents is 1. The maximum atomic E-state index is 12.0. The third-order valence-electron chi connectivity index (χ3n) is 5.83. The zero-order chi connectivity index (χ0) is 26.1. The molecule has 0 fully saturated rings. The van der Waals surface area contributed by atoms with E-state index in [2.05, 4.69) is 0 Å². The summed E-state index contributed by atoms with van der Waals surface area (Å²) in [4.78, 5) is 22.1. The molecule has 182 valence electrons. The van der Waals surface area contributed by atoms with E-state index in [1.807, 2.05) is 90.1 Å². The van der Waals surface area contributed by atoms with E-state index in [9.17, 15) is 25.3 Å². The number of phenolic OH excluding ortho intramolecular Hbond substituents is 1. The second kappa shape index (κ2) is 9.33. The molecule has 7 heteroatoms. The number of phenols is 1. The molecule has 0 aliphatic heterocycles. The summed E-state index contributed by atoms with van der Waals surface area (Å²) in [6.45, 7) is 12.0. The molecule has 0 saturated heterocycles. The van der Waals surface area contributed by atoms with Gasteiger partial charge in [0.15, 0.2) is 0 Å². The lowest BCUT2D eigenvalue weighted by Gasteiger charge is -2.28. The molecule has 0 radical (unpaired) electrons. The van der Waals surface area contributed by atoms with Crippen LogP contribution in [0.25, 0.3) is 11.6 Å². The molecular formula is C28H30N2O5. The van der Waals surface area contributed by atoms with E-state index in [0.29, 0.717) is 22.3 Å². The Labute approximate surface area is 205 Å². The van der Waals surface area contributed by atoms with E-state index < -0.39 is 20.7 Å². The third-order valence-corrected chi connectivity index (χ3v) is 5.83. The number of nitro benzene ring substituents is 2. The number of rotatable bonds is 5. The van der Waals surface area contributed by atoms with Crippen molar-refractivity contribution < 1.29 is 15.0 Å². The minimum Gasteiger partial charge on any atom is -0.507 e. The summed E-state index contributed by atoms with van der Waals surface area (Å²) in [5.41, 5.74) is 2.20. The molecule has 3 rings (SSSR count). The molecule has 3 aromatic rings. The fraction of sp³-hybridized carbons (Fsp3) is 0.286. The van der Waals surface area contributed by atoms with Gasteiger partial charge in [0.05, 0.1) is 21.5 Å². The second-order valence-corrected chi connectivity index (χ2v) is 10.6. The Bertz CT molecular complexity index is 1280. The van der Waals surface area contributed by atoms with Gasteiger partial charge in [0.25, 0.3) is 11.4 Å². The topological polar surface area (TPSA) is 107 Å². The standard InChI is InChI=1S/C28H30N2O5/c1-27(2,3)23-15-19(16-24(26(23)31)28(4,5)6)22(14-18-10-8-7-9-11-18)21-13-12-20(29(32)33)17-25(21)30(34)35/h7-17,31H,1-6H3/b22-14-. The minimum atomic E-state index is -0.646. The van der Waals surface area contributed by atoms with E-state index in [4.69, 9.17) is 0 Å². The summed E-state index contributed by atoms with van der Waals surface area (Å²) in [5, 5.41) is 34.5. The summed E-state index contributed by atoms with van der Waals surface area (Å²) >= 11 is 0. The number of nitrogens with zero attached hydrogens (tertiary/aromatic N) is 2. The molecule has 35 heavy (non-hydrogen) atoms. The second-order valence-electron chi connectivity index (χ2n) is 10.6. The first-order chi connectivity index (χ1) is 16.2. The number of hydrogen-bond donors (Lipinski definition) is 1. The molecule has 0 saturated carbocycles. The van der Waals surface area contributed by atoms with Crippen molar-refractivity contribution in [2.24, 2.45) is 0 Å². The predicted molar refractivity (Wildman–Crippen MR) is 139 cm³/mol. The molecule has 3 aromatic carbocycles. The summed E-state index contributed by atoms with van der Waals surface area (Å²) in [7, 11) is 0. The normalized spacial score (nSPS) is 12.5. The molecule has 0 aliphatic rings. The van der Waals surface area contributed by atoms with E-state index in [1.54, 1.807) is 0 Å². The van der Waals surface area contributed by atoms with Crippen molar-refractivity contribution in [3.63, 3.8) is 0 Å². The number of nitro groups is 2. The Morgan fingerprint density at radius 1 is 0.800 bits per heavy atom. The van der Waals surface area contributed by atoms with Crippen molar-refractivity contribution >= 4 is 23.0 Å². The number of hydrogen-bond acceptors (Lipinski definition) is 5. The fourth-order valence-corrected chi connectivity index (χ4v) is 3.98. The maximum absolute atomic E-state index is 12.0. The van der Waals surface area contributed by atoms with Gasteiger partial charge in [0, 0.05) is 17.2 Å². The van der Waals surface area contributed by atoms with Crippen LogP contribution in [0.15, 0.2) is 60.7 Å². The van der Waals surface area contributed by atoms with E-state index >= 15 is 0 Å². The van der Waals surface area contributed by atoms with Gasteiger partial charge in [0.2, 0.25) is 0 Å². The van der Waals surface area contributed by atoms with Crippen LogP contribution in [-0.2, 0) is 10.8 Å². The summed E-state index contributed by atoms with van der Waals surface area (Å²) in [5.74, 6) is 0.200. The van der Waals surface area contributed by atoms with E-state index in [1.165, 1.54) is 12.1 Å². The molecule has 0 heterocycles. The highest BCUT2D eigenvalue weighted by Crippen LogP contribution is 2.43. The van der Waals surface area contributed by atoms with Crippen molar-refractivity contribution in [1.29, 1.82) is 0 Å². The Balaban J connectivity index is 2.44. The zero-order valence-electron chi connectivity index (χ0n) is 20.8. The van der Waals surface area contributed by atoms with Gasteiger partial charge in [-0.15, -0.1) is 0 Å². The largest absolute Gasteiger partial charge is 0.507 e. The van der Waals surface area contributed by atoms with Crippen LogP contribution in [0.3, 0.4) is 0 Å². The first kappa shape index (κ1) is 25.6. The van der Waals surface area contributed by atoms with Gasteiger partial charge in [-0.05, 0) is 51.8 Å². The summed E-state index contributed by atoms with van der Waals surface area (Å²) in [6.07, 6.45) is 1.83. The zero-order valence-corrected chi connectivity index (χ0v) is 20.8. The van der Waals surface area contributed by atoms with Gasteiger partial charge in [-0.2, -0.15) is 0 Å². The van der Waals surface area contributed by atoms with Crippen molar-refractivity contribution in [3.05, 3.63) is 109 Å². The van der Waals surface area contributed by atoms with Crippen molar-refractivity contribution in [3.8, 4) is 5.75 Å². The van der Waals surface area contributed by atoms with Crippen LogP contribution in [0.1, 0.15) is 69.4 Å². The SMILES string of the molecule is CC(C)(C)c1cc(/C(=C/c2ccccc2)c2ccc([N+](=O)[O-])cc2[N+](=O)[O-])cc(C(C)(C)C)c1O. The van der Waals surface area contributed by atoms with Gasteiger partial charge < -0.3 is 5.11 Å². The first-order valence-corrected chi connectivity index (χ1v) is 11.3. The lowest BCUT2D eigenvalue weighted by molar-refractivity contribution is -0.394. The highest BCUT2D eigenvalue weighted by atomic mass is 16.6. The van der Waals surface area contributed by atoms with Gasteiger partial charge in [-0.3, -0.25) is 20.2 Å². The van der Waals surface area contributed by atoms with Gasteiger partial charge in [-0.25, -0.2) is 0 Å². The molecule has 7 nitrogen and oxygen atoms in total. The molecule has 0 spiro atoms. The minimum absolute atomic E-state index is 0.200. The van der Waals surface area contributed by atoms with E-state index in [0.717, 1.165) is 11.6 Å². The average molecular weight is 475 g/mol. The maximum Gasteiger partial charge on any atom is 0.284 e. The predicted octanol–water partition coefficient (Wildman–Crippen LogP) is 7.39. The van der Waals surface area contributed by atoms with Crippen LogP contribution in [0.2, 0.25) is 0 Å². The molecule has 1 N–H and O–H groups in total. The number of aromatic hydroxyl groups is 1. The number of benzene rings is 3. The van der Waals surface area contributed by atoms with Crippen molar-refractivity contribution in [2.75, 3.05) is 0 Å². The Kier molecular flexibility index (Phi) is 6.83. The summed E-state index contributed by atoms with van der Waals surface area (Å²) < 4.78 is 0. The van der Waals surface area contributed by atoms with Crippen LogP contribution < -0.4 is 0 Å². The summed E-state index contributed by atoms with van der Waals surface area (Å²) in [6, 6.07) is 16.8. The Morgan fingerprint density at radius 2 is 1.34 bits per heavy atom. The quantitative estimate of drug-likeness (QED) is 0.236. The highest BCUT2D eigenvalue weighted by Gasteiger charge is 2.29. The molecule has 0 bridgehead atoms. The molecule has 0 atom stereocenters. The van der Waals surface area contributed by atoms with Crippen LogP contribution in [0.4, 0.5) is 11.4 Å². The van der Waals surface area contributed by atoms with E-state index in [-0.39, 0.29) is 22.7 Å². The molecule has 0 amide bonds. The Morgan fingerprint density at radius 3 is 1.80 bits per heavy atom. The van der Waals surface area contributed by atoms with Gasteiger partial charge in [-0.1, -0.05) is 71.9 Å². The molecule has 0 aromatic heterocycles. The molecule has 0 unspecified atom stereocenters. The first-order valence-electron chi connectivity index (χ1n) is 11.3. The fourth-order valence-electron chi connectivity index (χ4n) is 3.98. The van der Waals surface area contributed by atoms with Gasteiger partial charge >= 0.3 is 0 Å². The van der Waals surface area contributed by atoms with Crippen molar-refractivity contribution in [1.82, 2.24) is 0 Å². The van der Waals surface area contributed by atoms with Crippen LogP contribution >= 0.6 is 0 Å². The van der Waals surface area contributed by atoms with Crippen LogP contribution in [0, 0.1) is 20.2 Å². The van der Waals surface area contributed by atoms with Crippen LogP contribution in [0.5, 0.6) is 5.75 Å².